The van der Waals surface area contributed by atoms with E-state index in [9.17, 15) is 15.0 Å². The fourth-order valence-electron chi connectivity index (χ4n) is 14.4. The molecule has 12 nitrogen and oxygen atoms in total. The molecule has 1 spiro atoms. The van der Waals surface area contributed by atoms with Crippen LogP contribution >= 0.6 is 21.6 Å². The molecular formula is C62H72N4O8S2. The average molecular weight is 1070 g/mol. The van der Waals surface area contributed by atoms with Crippen LogP contribution in [0.1, 0.15) is 141 Å². The van der Waals surface area contributed by atoms with Gasteiger partial charge in [-0.2, -0.15) is 0 Å². The van der Waals surface area contributed by atoms with Crippen molar-refractivity contribution in [2.75, 3.05) is 45.5 Å². The number of esters is 1. The van der Waals surface area contributed by atoms with Crippen LogP contribution in [0.4, 0.5) is 0 Å². The maximum Gasteiger partial charge on any atom is 0.302 e. The van der Waals surface area contributed by atoms with Gasteiger partial charge in [-0.25, -0.2) is 0 Å². The molecular weight excluding hydrogens is 993 g/mol. The molecule has 6 aliphatic heterocycles. The molecule has 76 heavy (non-hydrogen) atoms. The lowest BCUT2D eigenvalue weighted by atomic mass is 9.65. The molecule has 11 atom stereocenters. The van der Waals surface area contributed by atoms with E-state index in [0.29, 0.717) is 61.6 Å². The first kappa shape index (κ1) is 51.6. The number of hydrogen-bond acceptors (Lipinski definition) is 14. The number of carbonyl (C=O) groups excluding carboxylic acids is 1. The summed E-state index contributed by atoms with van der Waals surface area (Å²) in [5, 5.41) is 35.9. The molecule has 1 saturated heterocycles. The molecule has 9 aliphatic rings. The first-order valence-corrected chi connectivity index (χ1v) is 30.3. The fourth-order valence-corrected chi connectivity index (χ4v) is 17.1. The molecule has 400 valence electrons. The molecule has 14 heteroatoms. The molecule has 6 bridgehead atoms. The number of benzene rings is 3. The third-order valence-corrected chi connectivity index (χ3v) is 20.6. The Morgan fingerprint density at radius 1 is 1.01 bits per heavy atom. The second-order valence-electron chi connectivity index (χ2n) is 22.8. The van der Waals surface area contributed by atoms with Crippen LogP contribution in [0.2, 0.25) is 0 Å². The van der Waals surface area contributed by atoms with Gasteiger partial charge in [-0.15, -0.1) is 5.92 Å². The molecule has 2 saturated carbocycles. The summed E-state index contributed by atoms with van der Waals surface area (Å²) in [5.41, 5.74) is 17.7. The minimum absolute atomic E-state index is 0.0524. The van der Waals surface area contributed by atoms with Gasteiger partial charge < -0.3 is 55.6 Å². The summed E-state index contributed by atoms with van der Waals surface area (Å²) in [7, 11) is 7.20. The fraction of sp³-hybridized carbons (Fsp3) is 0.532. The highest BCUT2D eigenvalue weighted by molar-refractivity contribution is 8.76. The first-order chi connectivity index (χ1) is 37.0. The van der Waals surface area contributed by atoms with Crippen molar-refractivity contribution in [1.29, 1.82) is 0 Å². The number of nitrogens with two attached hydrogens (primary N) is 1. The van der Waals surface area contributed by atoms with Crippen molar-refractivity contribution in [3.05, 3.63) is 92.2 Å². The Morgan fingerprint density at radius 2 is 1.89 bits per heavy atom. The van der Waals surface area contributed by atoms with E-state index in [1.165, 1.54) is 19.8 Å². The topological polar surface area (TPSA) is 166 Å². The third kappa shape index (κ3) is 9.57. The number of dihydropyridines is 1. The van der Waals surface area contributed by atoms with Gasteiger partial charge in [0.1, 0.15) is 42.0 Å². The monoisotopic (exact) mass is 1060 g/mol. The number of fused-ring (bicyclic) bond motifs is 10. The normalized spacial score (nSPS) is 30.9. The van der Waals surface area contributed by atoms with Crippen molar-refractivity contribution < 1.29 is 38.7 Å². The first-order valence-electron chi connectivity index (χ1n) is 27.8. The number of carbonyl (C=O) groups is 1. The van der Waals surface area contributed by atoms with Crippen LogP contribution in [0.3, 0.4) is 0 Å². The van der Waals surface area contributed by atoms with Gasteiger partial charge in [0.15, 0.2) is 11.5 Å². The maximum atomic E-state index is 13.2. The highest BCUT2D eigenvalue weighted by atomic mass is 33.1. The van der Waals surface area contributed by atoms with Crippen LogP contribution in [-0.2, 0) is 32.6 Å². The van der Waals surface area contributed by atoms with Crippen molar-refractivity contribution in [2.45, 2.75) is 145 Å². The Bertz CT molecular complexity index is 3040. The number of aromatic hydroxyl groups is 2. The Morgan fingerprint density at radius 3 is 2.74 bits per heavy atom. The number of hydrogen-bond donors (Lipinski definition) is 6. The molecule has 0 amide bonds. The maximum absolute atomic E-state index is 13.2. The summed E-state index contributed by atoms with van der Waals surface area (Å²) in [6.45, 7) is 5.22. The molecule has 0 aromatic heterocycles. The van der Waals surface area contributed by atoms with Crippen LogP contribution in [0.15, 0.2) is 53.3 Å². The van der Waals surface area contributed by atoms with Crippen LogP contribution < -0.4 is 35.9 Å². The summed E-state index contributed by atoms with van der Waals surface area (Å²) in [5.74, 6) is 18.2. The predicted octanol–water partition coefficient (Wildman–Crippen LogP) is 9.95. The van der Waals surface area contributed by atoms with Crippen molar-refractivity contribution in [3.63, 3.8) is 0 Å². The van der Waals surface area contributed by atoms with E-state index < -0.39 is 24.1 Å². The van der Waals surface area contributed by atoms with E-state index in [-0.39, 0.29) is 53.5 Å². The van der Waals surface area contributed by atoms with Gasteiger partial charge in [-0.3, -0.25) is 4.79 Å². The minimum Gasteiger partial charge on any atom is -0.508 e. The van der Waals surface area contributed by atoms with Gasteiger partial charge in [0.25, 0.3) is 0 Å². The van der Waals surface area contributed by atoms with E-state index in [1.807, 2.05) is 27.7 Å². The second-order valence-corrected chi connectivity index (χ2v) is 25.4. The van der Waals surface area contributed by atoms with E-state index in [2.05, 4.69) is 76.9 Å². The van der Waals surface area contributed by atoms with E-state index >= 15 is 0 Å². The Kier molecular flexibility index (Phi) is 14.6. The standard InChI is InChI=1S/C62H72N4O8S2/c1-5-38-24-40-22-36-18-20-62(27-36)28-41-25-43(68)26-51(71-4)53(41)45-14-13-44-48(31-72-34(2)67)58(74-59(44)56(45)62)55-46-15-17-50-52(33-76-75-32-37-9-7-11-42(23-37)65-50)73-60(46)57(69)47-29-64-21-19-35(30-70-3)8-6-10-39(54(47)55)12-16-49(40)66-61(38)63/h13-15,17,24-26,35-37,39,42,48,50,52,58,61,64-66,68-69H,5,7-9,11,18-23,27-33,63H2,1-4H3/t35-,36-,37+,39+,42-,48+,50+,52-,58+,61?,62-/m1/s1. The smallest absolute Gasteiger partial charge is 0.302 e. The van der Waals surface area contributed by atoms with Crippen LogP contribution in [0.25, 0.3) is 17.2 Å². The van der Waals surface area contributed by atoms with Gasteiger partial charge in [-0.1, -0.05) is 77.1 Å². The van der Waals surface area contributed by atoms with Gasteiger partial charge in [0.05, 0.1) is 30.9 Å². The quantitative estimate of drug-likeness (QED) is 0.0785. The van der Waals surface area contributed by atoms with Crippen LogP contribution in [0.5, 0.6) is 28.7 Å². The second kappa shape index (κ2) is 21.6. The highest BCUT2D eigenvalue weighted by Crippen LogP contribution is 2.64. The number of methoxy groups -OCH3 is 2. The summed E-state index contributed by atoms with van der Waals surface area (Å²) in [4.78, 5) is 13.1. The molecule has 3 aliphatic carbocycles. The summed E-state index contributed by atoms with van der Waals surface area (Å²) >= 11 is 0. The van der Waals surface area contributed by atoms with Gasteiger partial charge in [0.2, 0.25) is 0 Å². The lowest BCUT2D eigenvalue weighted by Crippen LogP contribution is -2.49. The summed E-state index contributed by atoms with van der Waals surface area (Å²) in [6, 6.07) is 8.20. The molecule has 0 radical (unpaired) electrons. The number of phenolic OH excluding ortho intramolecular Hbond substituents is 2. The van der Waals surface area contributed by atoms with E-state index in [4.69, 9.17) is 29.4 Å². The molecule has 7 N–H and O–H groups in total. The molecule has 3 aromatic carbocycles. The molecule has 1 unspecified atom stereocenters. The number of allylic oxidation sites excluding steroid dienone is 3. The Balaban J connectivity index is 1.15. The van der Waals surface area contributed by atoms with Crippen molar-refractivity contribution in [2.24, 2.45) is 23.5 Å². The van der Waals surface area contributed by atoms with E-state index in [0.717, 1.165) is 130 Å². The summed E-state index contributed by atoms with van der Waals surface area (Å²) < 4.78 is 33.3. The predicted molar refractivity (Wildman–Crippen MR) is 300 cm³/mol. The van der Waals surface area contributed by atoms with Crippen molar-refractivity contribution >= 4 is 33.6 Å². The zero-order chi connectivity index (χ0) is 52.2. The molecule has 6 heterocycles. The molecule has 3 aromatic rings. The lowest BCUT2D eigenvalue weighted by Gasteiger charge is -2.39. The van der Waals surface area contributed by atoms with Gasteiger partial charge in [0, 0.05) is 96.0 Å². The van der Waals surface area contributed by atoms with Crippen molar-refractivity contribution in [3.8, 4) is 63.6 Å². The Hall–Kier alpha value is -5.19. The largest absolute Gasteiger partial charge is 0.508 e. The molecule has 12 rings (SSSR count). The zero-order valence-corrected chi connectivity index (χ0v) is 45.9. The number of rotatable bonds is 6. The van der Waals surface area contributed by atoms with E-state index in [1.54, 1.807) is 20.3 Å². The number of nitrogens with one attached hydrogen (secondary N) is 3. The van der Waals surface area contributed by atoms with Crippen LogP contribution in [-0.4, -0.2) is 86.0 Å². The van der Waals surface area contributed by atoms with Crippen molar-refractivity contribution in [1.82, 2.24) is 16.0 Å². The summed E-state index contributed by atoms with van der Waals surface area (Å²) in [6.07, 6.45) is 16.4. The number of ether oxygens (including phenoxy) is 5. The number of phenols is 2. The highest BCUT2D eigenvalue weighted by Gasteiger charge is 2.52. The van der Waals surface area contributed by atoms with Crippen LogP contribution in [0, 0.1) is 41.4 Å². The zero-order valence-electron chi connectivity index (χ0n) is 44.3. The van der Waals surface area contributed by atoms with Gasteiger partial charge >= 0.3 is 5.97 Å². The van der Waals surface area contributed by atoms with Gasteiger partial charge in [-0.05, 0) is 128 Å². The minimum atomic E-state index is -0.739. The molecule has 3 fully saturated rings. The lowest BCUT2D eigenvalue weighted by molar-refractivity contribution is -0.141. The third-order valence-electron chi connectivity index (χ3n) is 18.0. The SMILES string of the molecule is CCC1=CC2=C(C#C[C@@H]3C#CC[C@@H](COC)CCNCc4c(O)c5c(c(c43)[C@H]3Oc4c(ccc6c4[C@@]4(CC[C@H](C2)C4)Cc2cc(O)cc(OC)c2-6)[C@@H]3COC(C)=O)C=C[C@@H]2N[C@@H]3CCC[C@H](CSSC[C@H]2O5)C3)NC1N. The average Bonchev–Trinajstić information content (AvgIpc) is 4.10. The Labute approximate surface area is 455 Å².